The van der Waals surface area contributed by atoms with E-state index in [2.05, 4.69) is 37.8 Å². The second kappa shape index (κ2) is 7.26. The molecule has 0 unspecified atom stereocenters. The summed E-state index contributed by atoms with van der Waals surface area (Å²) in [5.74, 6) is 1.13. The van der Waals surface area contributed by atoms with Crippen LogP contribution in [0.15, 0.2) is 47.5 Å². The van der Waals surface area contributed by atoms with E-state index in [1.54, 1.807) is 0 Å². The van der Waals surface area contributed by atoms with Gasteiger partial charge in [0.15, 0.2) is 5.96 Å². The number of guanidine groups is 1. The molecule has 3 aromatic rings. The van der Waals surface area contributed by atoms with E-state index in [9.17, 15) is 4.39 Å². The molecule has 0 radical (unpaired) electrons. The van der Waals surface area contributed by atoms with Crippen molar-refractivity contribution in [3.8, 4) is 0 Å². The molecule has 1 saturated heterocycles. The molecule has 0 bridgehead atoms. The van der Waals surface area contributed by atoms with Crippen molar-refractivity contribution in [2.75, 3.05) is 31.1 Å². The number of aryl methyl sites for hydroxylation is 1. The van der Waals surface area contributed by atoms with Crippen molar-refractivity contribution >= 4 is 22.7 Å². The van der Waals surface area contributed by atoms with Gasteiger partial charge in [0, 0.05) is 31.9 Å². The fourth-order valence-corrected chi connectivity index (χ4v) is 3.35. The van der Waals surface area contributed by atoms with Gasteiger partial charge in [0.25, 0.3) is 0 Å². The number of aromatic amines is 1. The molecule has 0 amide bonds. The molecule has 6 nitrogen and oxygen atoms in total. The van der Waals surface area contributed by atoms with Crippen LogP contribution in [0.2, 0.25) is 0 Å². The maximum Gasteiger partial charge on any atom is 0.191 e. The molecule has 1 aromatic heterocycles. The van der Waals surface area contributed by atoms with E-state index in [-0.39, 0.29) is 5.82 Å². The number of nitrogens with zero attached hydrogens (tertiary/aromatic N) is 4. The highest BCUT2D eigenvalue weighted by atomic mass is 19.1. The Morgan fingerprint density at radius 3 is 2.63 bits per heavy atom. The molecular weight excluding hydrogens is 343 g/mol. The summed E-state index contributed by atoms with van der Waals surface area (Å²) in [6, 6.07) is 12.7. The zero-order valence-corrected chi connectivity index (χ0v) is 15.3. The van der Waals surface area contributed by atoms with Crippen molar-refractivity contribution in [3.63, 3.8) is 0 Å². The molecule has 4 rings (SSSR count). The number of hydrogen-bond acceptors (Lipinski definition) is 3. The number of benzene rings is 2. The van der Waals surface area contributed by atoms with Crippen LogP contribution >= 0.6 is 0 Å². The average molecular weight is 366 g/mol. The van der Waals surface area contributed by atoms with Crippen LogP contribution < -0.4 is 10.6 Å². The van der Waals surface area contributed by atoms with Crippen LogP contribution in [0.3, 0.4) is 0 Å². The van der Waals surface area contributed by atoms with Gasteiger partial charge in [-0.2, -0.15) is 0 Å². The second-order valence-corrected chi connectivity index (χ2v) is 6.83. The maximum absolute atomic E-state index is 13.1. The molecule has 27 heavy (non-hydrogen) atoms. The number of imidazole rings is 1. The van der Waals surface area contributed by atoms with E-state index in [1.807, 2.05) is 24.3 Å². The number of hydrogen-bond donors (Lipinski definition) is 2. The molecule has 7 heteroatoms. The number of piperazine rings is 1. The summed E-state index contributed by atoms with van der Waals surface area (Å²) in [7, 11) is 0. The Balaban J connectivity index is 1.36. The first-order valence-corrected chi connectivity index (χ1v) is 9.09. The number of nitrogens with two attached hydrogens (primary N) is 1. The third-order valence-electron chi connectivity index (χ3n) is 4.87. The molecule has 2 heterocycles. The Labute approximate surface area is 157 Å². The number of nitrogens with one attached hydrogen (secondary N) is 1. The standard InChI is InChI=1S/C20H23FN6/c1-14-2-7-17-18(12-14)25-19(24-17)13-23-20(22)27-10-8-26(9-11-27)16-5-3-15(21)4-6-16/h2-7,12H,8-11,13H2,1H3,(H2,22,23)(H,24,25). The van der Waals surface area contributed by atoms with Crippen LogP contribution in [0, 0.1) is 12.7 Å². The van der Waals surface area contributed by atoms with Gasteiger partial charge >= 0.3 is 0 Å². The minimum Gasteiger partial charge on any atom is -0.370 e. The molecule has 0 saturated carbocycles. The van der Waals surface area contributed by atoms with Crippen LogP contribution in [0.25, 0.3) is 11.0 Å². The molecule has 2 aromatic carbocycles. The highest BCUT2D eigenvalue weighted by Crippen LogP contribution is 2.17. The minimum atomic E-state index is -0.213. The molecule has 140 valence electrons. The van der Waals surface area contributed by atoms with Crippen LogP contribution in [0.4, 0.5) is 10.1 Å². The first-order valence-electron chi connectivity index (χ1n) is 9.09. The molecule has 0 aliphatic carbocycles. The van der Waals surface area contributed by atoms with Gasteiger partial charge in [-0.25, -0.2) is 14.4 Å². The lowest BCUT2D eigenvalue weighted by atomic mass is 10.2. The van der Waals surface area contributed by atoms with Crippen LogP contribution in [-0.4, -0.2) is 47.0 Å². The molecule has 0 atom stereocenters. The number of halogens is 1. The summed E-state index contributed by atoms with van der Waals surface area (Å²) in [5.41, 5.74) is 10.4. The SMILES string of the molecule is Cc1ccc2nc(CN=C(N)N3CCN(c4ccc(F)cc4)CC3)[nH]c2c1. The lowest BCUT2D eigenvalue weighted by Crippen LogP contribution is -2.51. The number of anilines is 1. The normalized spacial score (nSPS) is 15.6. The quantitative estimate of drug-likeness (QED) is 0.552. The summed E-state index contributed by atoms with van der Waals surface area (Å²) in [6.45, 7) is 5.70. The summed E-state index contributed by atoms with van der Waals surface area (Å²) < 4.78 is 13.1. The summed E-state index contributed by atoms with van der Waals surface area (Å²) in [6.07, 6.45) is 0. The third-order valence-corrected chi connectivity index (χ3v) is 4.87. The van der Waals surface area contributed by atoms with Crippen molar-refractivity contribution in [3.05, 3.63) is 59.7 Å². The highest BCUT2D eigenvalue weighted by Gasteiger charge is 2.18. The Kier molecular flexibility index (Phi) is 4.66. The molecule has 1 fully saturated rings. The van der Waals surface area contributed by atoms with E-state index in [0.29, 0.717) is 12.5 Å². The smallest absolute Gasteiger partial charge is 0.191 e. The second-order valence-electron chi connectivity index (χ2n) is 6.83. The van der Waals surface area contributed by atoms with Gasteiger partial charge < -0.3 is 20.5 Å². The van der Waals surface area contributed by atoms with Crippen molar-refractivity contribution in [2.24, 2.45) is 10.7 Å². The summed E-state index contributed by atoms with van der Waals surface area (Å²) >= 11 is 0. The van der Waals surface area contributed by atoms with Crippen molar-refractivity contribution in [1.29, 1.82) is 0 Å². The Morgan fingerprint density at radius 1 is 1.15 bits per heavy atom. The third kappa shape index (κ3) is 3.86. The van der Waals surface area contributed by atoms with Crippen molar-refractivity contribution < 1.29 is 4.39 Å². The maximum atomic E-state index is 13.1. The zero-order chi connectivity index (χ0) is 18.8. The van der Waals surface area contributed by atoms with Gasteiger partial charge in [0.2, 0.25) is 0 Å². The van der Waals surface area contributed by atoms with Crippen LogP contribution in [0.1, 0.15) is 11.4 Å². The molecule has 1 aliphatic rings. The molecular formula is C20H23FN6. The number of fused-ring (bicyclic) bond motifs is 1. The van der Waals surface area contributed by atoms with Crippen LogP contribution in [0.5, 0.6) is 0 Å². The summed E-state index contributed by atoms with van der Waals surface area (Å²) in [5, 5.41) is 0. The van der Waals surface area contributed by atoms with E-state index in [4.69, 9.17) is 5.73 Å². The average Bonchev–Trinajstić information content (AvgIpc) is 3.09. The van der Waals surface area contributed by atoms with Gasteiger partial charge in [0.1, 0.15) is 18.2 Å². The predicted molar refractivity (Wildman–Crippen MR) is 106 cm³/mol. The molecule has 3 N–H and O–H groups in total. The number of rotatable bonds is 3. The molecule has 1 aliphatic heterocycles. The molecule has 0 spiro atoms. The first kappa shape index (κ1) is 17.3. The lowest BCUT2D eigenvalue weighted by molar-refractivity contribution is 0.380. The van der Waals surface area contributed by atoms with Crippen molar-refractivity contribution in [2.45, 2.75) is 13.5 Å². The monoisotopic (exact) mass is 366 g/mol. The number of H-pyrrole nitrogens is 1. The van der Waals surface area contributed by atoms with Gasteiger partial charge in [-0.3, -0.25) is 0 Å². The number of aliphatic imine (C=N–C) groups is 1. The van der Waals surface area contributed by atoms with E-state index < -0.39 is 0 Å². The van der Waals surface area contributed by atoms with Crippen molar-refractivity contribution in [1.82, 2.24) is 14.9 Å². The van der Waals surface area contributed by atoms with Gasteiger partial charge in [-0.1, -0.05) is 6.07 Å². The van der Waals surface area contributed by atoms with Crippen LogP contribution in [-0.2, 0) is 6.54 Å². The first-order chi connectivity index (χ1) is 13.1. The van der Waals surface area contributed by atoms with Gasteiger partial charge in [-0.05, 0) is 48.9 Å². The Hall–Kier alpha value is -3.09. The Morgan fingerprint density at radius 2 is 1.89 bits per heavy atom. The van der Waals surface area contributed by atoms with E-state index in [1.165, 1.54) is 17.7 Å². The van der Waals surface area contributed by atoms with E-state index >= 15 is 0 Å². The lowest BCUT2D eigenvalue weighted by Gasteiger charge is -2.36. The number of aromatic nitrogens is 2. The fourth-order valence-electron chi connectivity index (χ4n) is 3.35. The fraction of sp³-hybridized carbons (Fsp3) is 0.300. The Bertz CT molecular complexity index is 954. The zero-order valence-electron chi connectivity index (χ0n) is 15.3. The largest absolute Gasteiger partial charge is 0.370 e. The predicted octanol–water partition coefficient (Wildman–Crippen LogP) is 2.65. The van der Waals surface area contributed by atoms with E-state index in [0.717, 1.165) is 48.7 Å². The summed E-state index contributed by atoms with van der Waals surface area (Å²) in [4.78, 5) is 16.7. The van der Waals surface area contributed by atoms with Gasteiger partial charge in [-0.15, -0.1) is 0 Å². The highest BCUT2D eigenvalue weighted by molar-refractivity contribution is 5.79. The topological polar surface area (TPSA) is 73.5 Å². The minimum absolute atomic E-state index is 0.213. The van der Waals surface area contributed by atoms with Gasteiger partial charge in [0.05, 0.1) is 11.0 Å².